The summed E-state index contributed by atoms with van der Waals surface area (Å²) in [7, 11) is 3.34. The quantitative estimate of drug-likeness (QED) is 0.451. The molecule has 0 radical (unpaired) electrons. The average molecular weight is 454 g/mol. The average Bonchev–Trinajstić information content (AvgIpc) is 3.43. The van der Waals surface area contributed by atoms with Gasteiger partial charge in [-0.3, -0.25) is 14.1 Å². The highest BCUT2D eigenvalue weighted by atomic mass is 32.1. The van der Waals surface area contributed by atoms with Gasteiger partial charge in [-0.05, 0) is 48.1 Å². The predicted molar refractivity (Wildman–Crippen MR) is 124 cm³/mol. The second-order valence-electron chi connectivity index (χ2n) is 7.63. The molecule has 160 valence electrons. The smallest absolute Gasteiger partial charge is 0.259 e. The van der Waals surface area contributed by atoms with Crippen molar-refractivity contribution < 1.29 is 9.47 Å². The Morgan fingerprint density at radius 2 is 1.97 bits per heavy atom. The number of hydrogen-bond acceptors (Lipinski definition) is 7. The van der Waals surface area contributed by atoms with Crippen LogP contribution in [0.3, 0.4) is 0 Å². The van der Waals surface area contributed by atoms with Crippen molar-refractivity contribution in [3.8, 4) is 11.5 Å². The SMILES string of the molecule is COc1cc2c(cc1OC)[C@@H](c1cccs1)N(Cc1cc(=O)n3c(C)csc3n1)CC2. The van der Waals surface area contributed by atoms with Crippen LogP contribution in [-0.4, -0.2) is 35.0 Å². The van der Waals surface area contributed by atoms with Gasteiger partial charge in [-0.1, -0.05) is 6.07 Å². The lowest BCUT2D eigenvalue weighted by Gasteiger charge is -2.37. The number of thiophene rings is 1. The highest BCUT2D eigenvalue weighted by molar-refractivity contribution is 7.15. The number of thiazole rings is 1. The molecule has 0 spiro atoms. The van der Waals surface area contributed by atoms with Crippen molar-refractivity contribution in [3.63, 3.8) is 0 Å². The summed E-state index contributed by atoms with van der Waals surface area (Å²) in [5.41, 5.74) is 4.20. The number of hydrogen-bond donors (Lipinski definition) is 0. The number of ether oxygens (including phenoxy) is 2. The fourth-order valence-corrected chi connectivity index (χ4v) is 6.11. The molecule has 4 aromatic rings. The number of rotatable bonds is 5. The van der Waals surface area contributed by atoms with Gasteiger partial charge in [0, 0.05) is 35.1 Å². The molecule has 0 saturated carbocycles. The second-order valence-corrected chi connectivity index (χ2v) is 9.44. The minimum absolute atomic E-state index is 0.0183. The van der Waals surface area contributed by atoms with Gasteiger partial charge in [0.1, 0.15) is 0 Å². The van der Waals surface area contributed by atoms with E-state index in [9.17, 15) is 4.79 Å². The standard InChI is InChI=1S/C23H23N3O3S2/c1-14-13-31-23-24-16(10-21(27)26(14)23)12-25-7-6-15-9-18(28-2)19(29-3)11-17(15)22(25)20-5-4-8-30-20/h4-5,8-11,13,22H,6-7,12H2,1-3H3/t22-/m0/s1. The number of aromatic nitrogens is 2. The lowest BCUT2D eigenvalue weighted by molar-refractivity contribution is 0.203. The maximum atomic E-state index is 12.7. The maximum Gasteiger partial charge on any atom is 0.259 e. The number of nitrogens with zero attached hydrogens (tertiary/aromatic N) is 3. The van der Waals surface area contributed by atoms with Crippen LogP contribution in [0.2, 0.25) is 0 Å². The van der Waals surface area contributed by atoms with Gasteiger partial charge in [0.15, 0.2) is 16.5 Å². The van der Waals surface area contributed by atoms with Gasteiger partial charge >= 0.3 is 0 Å². The van der Waals surface area contributed by atoms with E-state index in [1.54, 1.807) is 36.0 Å². The third-order valence-electron chi connectivity index (χ3n) is 5.78. The van der Waals surface area contributed by atoms with Gasteiger partial charge in [0.05, 0.1) is 26.0 Å². The normalized spacial score (nSPS) is 16.4. The van der Waals surface area contributed by atoms with Gasteiger partial charge in [0.25, 0.3) is 5.56 Å². The molecule has 1 atom stereocenters. The molecule has 1 aromatic carbocycles. The number of aryl methyl sites for hydroxylation is 1. The highest BCUT2D eigenvalue weighted by Gasteiger charge is 2.31. The summed E-state index contributed by atoms with van der Waals surface area (Å²) < 4.78 is 12.8. The van der Waals surface area contributed by atoms with E-state index < -0.39 is 0 Å². The van der Waals surface area contributed by atoms with Crippen LogP contribution in [-0.2, 0) is 13.0 Å². The van der Waals surface area contributed by atoms with Crippen molar-refractivity contribution in [2.45, 2.75) is 25.9 Å². The molecule has 1 aliphatic heterocycles. The van der Waals surface area contributed by atoms with Gasteiger partial charge in [0.2, 0.25) is 0 Å². The zero-order chi connectivity index (χ0) is 21.5. The van der Waals surface area contributed by atoms with Crippen molar-refractivity contribution >= 4 is 27.6 Å². The Kier molecular flexibility index (Phi) is 5.29. The zero-order valence-electron chi connectivity index (χ0n) is 17.6. The molecule has 8 heteroatoms. The summed E-state index contributed by atoms with van der Waals surface area (Å²) in [6, 6.07) is 10.2. The molecule has 0 aliphatic carbocycles. The fourth-order valence-electron chi connectivity index (χ4n) is 4.34. The highest BCUT2D eigenvalue weighted by Crippen LogP contribution is 2.42. The Morgan fingerprint density at radius 1 is 1.16 bits per heavy atom. The first-order valence-electron chi connectivity index (χ1n) is 10.1. The topological polar surface area (TPSA) is 56.1 Å². The zero-order valence-corrected chi connectivity index (χ0v) is 19.3. The summed E-state index contributed by atoms with van der Waals surface area (Å²) >= 11 is 3.25. The van der Waals surface area contributed by atoms with Gasteiger partial charge < -0.3 is 9.47 Å². The van der Waals surface area contributed by atoms with E-state index in [4.69, 9.17) is 14.5 Å². The van der Waals surface area contributed by atoms with Crippen molar-refractivity contribution in [2.75, 3.05) is 20.8 Å². The molecule has 0 bridgehead atoms. The van der Waals surface area contributed by atoms with Crippen LogP contribution in [0.1, 0.15) is 33.4 Å². The lowest BCUT2D eigenvalue weighted by atomic mass is 9.90. The third kappa shape index (κ3) is 3.54. The Labute approximate surface area is 188 Å². The van der Waals surface area contributed by atoms with Gasteiger partial charge in [-0.2, -0.15) is 0 Å². The van der Waals surface area contributed by atoms with E-state index in [-0.39, 0.29) is 11.6 Å². The summed E-state index contributed by atoms with van der Waals surface area (Å²) in [4.78, 5) is 21.9. The number of benzene rings is 1. The van der Waals surface area contributed by atoms with Crippen LogP contribution in [0.5, 0.6) is 11.5 Å². The molecule has 6 nitrogen and oxygen atoms in total. The molecule has 0 fully saturated rings. The van der Waals surface area contributed by atoms with Gasteiger partial charge in [-0.15, -0.1) is 22.7 Å². The first-order chi connectivity index (χ1) is 15.1. The minimum Gasteiger partial charge on any atom is -0.493 e. The lowest BCUT2D eigenvalue weighted by Crippen LogP contribution is -2.36. The van der Waals surface area contributed by atoms with Crippen molar-refractivity contribution in [1.29, 1.82) is 0 Å². The molecule has 0 saturated heterocycles. The fraction of sp³-hybridized carbons (Fsp3) is 0.304. The third-order valence-corrected chi connectivity index (χ3v) is 7.65. The van der Waals surface area contributed by atoms with Crippen molar-refractivity contribution in [1.82, 2.24) is 14.3 Å². The van der Waals surface area contributed by atoms with E-state index >= 15 is 0 Å². The first kappa shape index (κ1) is 20.2. The minimum atomic E-state index is -0.0183. The Bertz CT molecular complexity index is 1290. The van der Waals surface area contributed by atoms with E-state index in [1.165, 1.54) is 27.3 Å². The number of methoxy groups -OCH3 is 2. The van der Waals surface area contributed by atoms with Crippen molar-refractivity contribution in [3.05, 3.63) is 78.8 Å². The van der Waals surface area contributed by atoms with Crippen LogP contribution in [0, 0.1) is 6.92 Å². The molecule has 0 N–H and O–H groups in total. The Morgan fingerprint density at radius 3 is 2.71 bits per heavy atom. The van der Waals surface area contributed by atoms with E-state index in [1.807, 2.05) is 12.3 Å². The number of fused-ring (bicyclic) bond motifs is 2. The van der Waals surface area contributed by atoms with Crippen LogP contribution in [0.25, 0.3) is 4.96 Å². The largest absolute Gasteiger partial charge is 0.493 e. The van der Waals surface area contributed by atoms with E-state index in [0.717, 1.165) is 40.8 Å². The molecule has 1 aliphatic rings. The summed E-state index contributed by atoms with van der Waals surface area (Å²) in [6.07, 6.45) is 0.900. The van der Waals surface area contributed by atoms with Crippen LogP contribution < -0.4 is 15.0 Å². The summed E-state index contributed by atoms with van der Waals surface area (Å²) in [6.45, 7) is 3.41. The molecular weight excluding hydrogens is 430 g/mol. The van der Waals surface area contributed by atoms with Crippen LogP contribution in [0.15, 0.2) is 45.9 Å². The monoisotopic (exact) mass is 453 g/mol. The molecule has 0 amide bonds. The molecule has 5 rings (SSSR count). The van der Waals surface area contributed by atoms with Crippen molar-refractivity contribution in [2.24, 2.45) is 0 Å². The molecular formula is C23H23N3O3S2. The maximum absolute atomic E-state index is 12.7. The summed E-state index contributed by atoms with van der Waals surface area (Å²) in [5, 5.41) is 4.08. The first-order valence-corrected chi connectivity index (χ1v) is 11.8. The molecule has 0 unspecified atom stereocenters. The van der Waals surface area contributed by atoms with E-state index in [0.29, 0.717) is 6.54 Å². The molecule has 3 aromatic heterocycles. The van der Waals surface area contributed by atoms with Gasteiger partial charge in [-0.25, -0.2) is 4.98 Å². The van der Waals surface area contributed by atoms with Crippen LogP contribution in [0.4, 0.5) is 0 Å². The molecule has 4 heterocycles. The predicted octanol–water partition coefficient (Wildman–Crippen LogP) is 4.29. The Hall–Kier alpha value is -2.68. The summed E-state index contributed by atoms with van der Waals surface area (Å²) in [5.74, 6) is 1.49. The van der Waals surface area contributed by atoms with E-state index in [2.05, 4.69) is 34.5 Å². The molecule has 31 heavy (non-hydrogen) atoms. The van der Waals surface area contributed by atoms with Crippen LogP contribution >= 0.6 is 22.7 Å². The second kappa shape index (κ2) is 8.11. The Balaban J connectivity index is 1.57.